The number of nitrogens with zero attached hydrogens (tertiary/aromatic N) is 1. The third-order valence-corrected chi connectivity index (χ3v) is 0.975. The van der Waals surface area contributed by atoms with E-state index in [9.17, 15) is 4.39 Å². The molecule has 1 rings (SSSR count). The summed E-state index contributed by atoms with van der Waals surface area (Å²) in [6, 6.07) is 1.63. The minimum atomic E-state index is -0.243. The van der Waals surface area contributed by atoms with E-state index in [1.165, 1.54) is 6.20 Å². The number of halogens is 1. The molecule has 1 heterocycles. The molecule has 0 saturated carbocycles. The Hall–Kier alpha value is -0.323. The number of aromatic nitrogens is 1. The van der Waals surface area contributed by atoms with Crippen LogP contribution in [0.15, 0.2) is 18.5 Å². The Morgan fingerprint density at radius 2 is 2.38 bits per heavy atom. The van der Waals surface area contributed by atoms with E-state index in [1.54, 1.807) is 30.0 Å². The van der Waals surface area contributed by atoms with Crippen molar-refractivity contribution in [1.29, 1.82) is 0 Å². The van der Waals surface area contributed by atoms with Gasteiger partial charge in [-0.25, -0.2) is 0 Å². The predicted octanol–water partition coefficient (Wildman–Crippen LogP) is 0.0145. The normalized spacial score (nSPS) is 9.38. The molecule has 0 aliphatic rings. The Bertz CT molecular complexity index is 169. The molecule has 0 spiro atoms. The zero-order chi connectivity index (χ0) is 5.98. The predicted molar refractivity (Wildman–Crippen MR) is 29.6 cm³/mol. The summed E-state index contributed by atoms with van der Waals surface area (Å²) in [5.74, 6) is -0.243. The van der Waals surface area contributed by atoms with Crippen molar-refractivity contribution >= 4 is 22.0 Å². The van der Waals surface area contributed by atoms with Crippen molar-refractivity contribution in [2.45, 2.75) is 0 Å². The molecule has 8 heavy (non-hydrogen) atoms. The Morgan fingerprint density at radius 1 is 1.62 bits per heavy atom. The average Bonchev–Trinajstić information content (AvgIpc) is 1.77. The van der Waals surface area contributed by atoms with Gasteiger partial charge in [-0.05, 0) is 0 Å². The summed E-state index contributed by atoms with van der Waals surface area (Å²) in [6.45, 7) is 0. The quantitative estimate of drug-likeness (QED) is 0.421. The van der Waals surface area contributed by atoms with Crippen LogP contribution in [0, 0.1) is 5.82 Å². The van der Waals surface area contributed by atoms with Crippen LogP contribution in [0.25, 0.3) is 0 Å². The van der Waals surface area contributed by atoms with Gasteiger partial charge >= 0.3 is 55.6 Å². The monoisotopic (exact) mass is 103 g/mol. The van der Waals surface area contributed by atoms with E-state index in [-0.39, 0.29) is 5.82 Å². The van der Waals surface area contributed by atoms with Gasteiger partial charge in [0.2, 0.25) is 0 Å². The molecule has 0 aliphatic heterocycles. The molecule has 0 N–H and O–H groups in total. The van der Waals surface area contributed by atoms with Gasteiger partial charge in [-0.1, -0.05) is 0 Å². The molecule has 1 nitrogen and oxygen atoms in total. The van der Waals surface area contributed by atoms with Crippen LogP contribution in [0.4, 0.5) is 4.39 Å². The van der Waals surface area contributed by atoms with E-state index in [4.69, 9.17) is 0 Å². The zero-order valence-corrected chi connectivity index (χ0v) is 4.56. The zero-order valence-electron chi connectivity index (χ0n) is 4.56. The minimum absolute atomic E-state index is 0.243. The molecule has 0 aromatic carbocycles. The molecule has 1 aromatic rings. The second-order valence-electron chi connectivity index (χ2n) is 1.62. The summed E-state index contributed by atoms with van der Waals surface area (Å²) in [7, 11) is 0. The third kappa shape index (κ3) is 1.09. The fraction of sp³-hybridized carbons (Fsp3) is 0. The molecule has 0 radical (unpaired) electrons. The van der Waals surface area contributed by atoms with Crippen molar-refractivity contribution in [3.8, 4) is 0 Å². The molecule has 0 aliphatic carbocycles. The van der Waals surface area contributed by atoms with E-state index in [2.05, 4.69) is 4.98 Å². The van der Waals surface area contributed by atoms with E-state index in [0.29, 0.717) is 4.24 Å². The van der Waals surface area contributed by atoms with Crippen LogP contribution in [0.3, 0.4) is 0 Å². The van der Waals surface area contributed by atoms with Gasteiger partial charge in [0.1, 0.15) is 0 Å². The summed E-state index contributed by atoms with van der Waals surface area (Å²) >= 11 is 1.71. The fourth-order valence-corrected chi connectivity index (χ4v) is 0.445. The first kappa shape index (κ1) is 5.81. The molecule has 36 valence electrons. The molecule has 3 heteroatoms. The summed E-state index contributed by atoms with van der Waals surface area (Å²) in [5, 5.41) is 0. The Kier molecular flexibility index (Phi) is 1.67. The van der Waals surface area contributed by atoms with Crippen LogP contribution >= 0.6 is 0 Å². The van der Waals surface area contributed by atoms with Crippen LogP contribution in [-0.2, 0) is 0 Å². The van der Waals surface area contributed by atoms with Crippen LogP contribution < -0.4 is 4.24 Å². The summed E-state index contributed by atoms with van der Waals surface area (Å²) in [5.41, 5.74) is 0. The molecule has 0 saturated heterocycles. The first-order valence-corrected chi connectivity index (χ1v) is 2.37. The Labute approximate surface area is 56.1 Å². The van der Waals surface area contributed by atoms with Crippen LogP contribution in [0.1, 0.15) is 0 Å². The molecule has 0 atom stereocenters. The van der Waals surface area contributed by atoms with Crippen molar-refractivity contribution in [2.24, 2.45) is 0 Å². The maximum atomic E-state index is 12.3. The van der Waals surface area contributed by atoms with Crippen molar-refractivity contribution < 1.29 is 4.39 Å². The van der Waals surface area contributed by atoms with E-state index >= 15 is 0 Å². The molecule has 1 aromatic heterocycles. The van der Waals surface area contributed by atoms with Crippen molar-refractivity contribution in [2.75, 3.05) is 0 Å². The SMILES string of the molecule is [Li][c]1ccncc1F. The summed E-state index contributed by atoms with van der Waals surface area (Å²) < 4.78 is 12.9. The van der Waals surface area contributed by atoms with Crippen LogP contribution in [-0.4, -0.2) is 22.7 Å². The standard InChI is InChI=1S/C5H3FN.Li/c6-5-2-1-3-7-4-5;/h1,3-4H;. The van der Waals surface area contributed by atoms with Gasteiger partial charge in [0, 0.05) is 0 Å². The van der Waals surface area contributed by atoms with E-state index in [0.717, 1.165) is 0 Å². The first-order chi connectivity index (χ1) is 3.80. The molecule has 0 amide bonds. The van der Waals surface area contributed by atoms with E-state index < -0.39 is 0 Å². The number of pyridine rings is 1. The average molecular weight is 103 g/mol. The number of hydrogen-bond donors (Lipinski definition) is 0. The molecular weight excluding hydrogens is 100 g/mol. The molecule has 0 bridgehead atoms. The topological polar surface area (TPSA) is 12.9 Å². The second kappa shape index (κ2) is 2.30. The molecular formula is C5H3FLiN. The van der Waals surface area contributed by atoms with Gasteiger partial charge in [-0.2, -0.15) is 0 Å². The van der Waals surface area contributed by atoms with Gasteiger partial charge in [0.05, 0.1) is 0 Å². The van der Waals surface area contributed by atoms with Crippen molar-refractivity contribution in [3.05, 3.63) is 24.3 Å². The van der Waals surface area contributed by atoms with Gasteiger partial charge < -0.3 is 0 Å². The van der Waals surface area contributed by atoms with Gasteiger partial charge in [-0.15, -0.1) is 0 Å². The van der Waals surface area contributed by atoms with E-state index in [1.807, 2.05) is 0 Å². The van der Waals surface area contributed by atoms with Gasteiger partial charge in [-0.3, -0.25) is 0 Å². The fourth-order valence-electron chi connectivity index (χ4n) is 0.445. The van der Waals surface area contributed by atoms with Gasteiger partial charge in [0.15, 0.2) is 0 Å². The molecule has 0 fully saturated rings. The first-order valence-electron chi connectivity index (χ1n) is 2.37. The summed E-state index contributed by atoms with van der Waals surface area (Å²) in [4.78, 5) is 3.57. The summed E-state index contributed by atoms with van der Waals surface area (Å²) in [6.07, 6.45) is 2.77. The van der Waals surface area contributed by atoms with Crippen LogP contribution in [0.2, 0.25) is 0 Å². The maximum absolute atomic E-state index is 12.3. The second-order valence-corrected chi connectivity index (χ2v) is 1.62. The number of rotatable bonds is 0. The van der Waals surface area contributed by atoms with Crippen molar-refractivity contribution in [1.82, 2.24) is 4.98 Å². The van der Waals surface area contributed by atoms with Gasteiger partial charge in [0.25, 0.3) is 0 Å². The number of hydrogen-bond acceptors (Lipinski definition) is 1. The van der Waals surface area contributed by atoms with Crippen molar-refractivity contribution in [3.63, 3.8) is 0 Å². The Morgan fingerprint density at radius 3 is 2.75 bits per heavy atom. The third-order valence-electron chi connectivity index (χ3n) is 0.975. The Balaban J connectivity index is 3.13. The van der Waals surface area contributed by atoms with Crippen LogP contribution in [0.5, 0.6) is 0 Å². The molecule has 0 unspecified atom stereocenters.